The summed E-state index contributed by atoms with van der Waals surface area (Å²) < 4.78 is 26.5. The van der Waals surface area contributed by atoms with E-state index < -0.39 is 0 Å². The largest absolute Gasteiger partial charge is 0.486 e. The molecule has 2 aromatic rings. The third kappa shape index (κ3) is 3.21. The number of fused-ring (bicyclic) bond motifs is 1. The number of nitrogens with two attached hydrogens (primary N) is 1. The van der Waals surface area contributed by atoms with Gasteiger partial charge in [-0.2, -0.15) is 0 Å². The Morgan fingerprint density at radius 2 is 2.16 bits per heavy atom. The number of benzene rings is 2. The summed E-state index contributed by atoms with van der Waals surface area (Å²) in [5, 5.41) is 0. The minimum absolute atomic E-state index is 0.00419. The second-order valence-electron chi connectivity index (χ2n) is 6.03. The van der Waals surface area contributed by atoms with Gasteiger partial charge in [-0.3, -0.25) is 4.99 Å². The van der Waals surface area contributed by atoms with E-state index in [0.29, 0.717) is 41.5 Å². The second-order valence-corrected chi connectivity index (χ2v) is 6.94. The average Bonchev–Trinajstić information content (AvgIpc) is 3.08. The number of ether oxygens (including phenoxy) is 2. The van der Waals surface area contributed by atoms with Crippen LogP contribution in [0.15, 0.2) is 39.8 Å². The highest BCUT2D eigenvalue weighted by atomic mass is 79.9. The zero-order valence-electron chi connectivity index (χ0n) is 13.4. The summed E-state index contributed by atoms with van der Waals surface area (Å²) in [7, 11) is 0. The molecule has 7 heteroatoms. The van der Waals surface area contributed by atoms with Crippen molar-refractivity contribution in [1.29, 1.82) is 0 Å². The third-order valence-corrected chi connectivity index (χ3v) is 4.78. The van der Waals surface area contributed by atoms with E-state index in [1.165, 1.54) is 6.07 Å². The lowest BCUT2D eigenvalue weighted by molar-refractivity contribution is 0.142. The molecule has 2 N–H and O–H groups in total. The van der Waals surface area contributed by atoms with Crippen LogP contribution in [0.2, 0.25) is 0 Å². The van der Waals surface area contributed by atoms with Gasteiger partial charge in [0.2, 0.25) is 0 Å². The van der Waals surface area contributed by atoms with Crippen LogP contribution in [0.4, 0.5) is 21.5 Å². The molecule has 4 rings (SSSR count). The quantitative estimate of drug-likeness (QED) is 0.787. The van der Waals surface area contributed by atoms with E-state index in [-0.39, 0.29) is 11.9 Å². The maximum absolute atomic E-state index is 14.4. The zero-order chi connectivity index (χ0) is 17.4. The summed E-state index contributed by atoms with van der Waals surface area (Å²) in [5.74, 6) is 0.271. The lowest BCUT2D eigenvalue weighted by Crippen LogP contribution is -2.24. The second kappa shape index (κ2) is 6.65. The minimum Gasteiger partial charge on any atom is -0.486 e. The van der Waals surface area contributed by atoms with Gasteiger partial charge >= 0.3 is 0 Å². The van der Waals surface area contributed by atoms with E-state index in [1.807, 2.05) is 17.0 Å². The number of hydrogen-bond donors (Lipinski definition) is 1. The first kappa shape index (κ1) is 16.4. The van der Waals surface area contributed by atoms with Crippen molar-refractivity contribution < 1.29 is 13.9 Å². The Balaban J connectivity index is 1.73. The Labute approximate surface area is 153 Å². The summed E-state index contributed by atoms with van der Waals surface area (Å²) in [4.78, 5) is 6.13. The van der Waals surface area contributed by atoms with Crippen molar-refractivity contribution in [2.24, 2.45) is 4.99 Å². The van der Waals surface area contributed by atoms with E-state index in [1.54, 1.807) is 18.3 Å². The highest BCUT2D eigenvalue weighted by molar-refractivity contribution is 9.10. The number of halogens is 2. The molecular weight excluding hydrogens is 389 g/mol. The van der Waals surface area contributed by atoms with Crippen molar-refractivity contribution in [3.8, 4) is 5.75 Å². The molecule has 2 aromatic carbocycles. The molecule has 0 amide bonds. The molecule has 2 heterocycles. The predicted molar refractivity (Wildman–Crippen MR) is 99.4 cm³/mol. The first-order chi connectivity index (χ1) is 12.1. The number of aliphatic imine (C=N–C) groups is 1. The number of anilines is 3. The normalized spacial score (nSPS) is 19.1. The van der Waals surface area contributed by atoms with Gasteiger partial charge in [-0.05, 0) is 24.3 Å². The Hall–Kier alpha value is -2.12. The smallest absolute Gasteiger partial charge is 0.148 e. The van der Waals surface area contributed by atoms with Gasteiger partial charge < -0.3 is 20.1 Å². The standard InChI is InChI=1S/C18H17BrFN3O2/c19-12-1-2-16(14(20)6-12)23-10-22-8-11-5-15(21)18(7-17(11)23)25-13-3-4-24-9-13/h1-2,5-8,13H,3-4,9-10,21H2/t13-/m0/s1. The summed E-state index contributed by atoms with van der Waals surface area (Å²) >= 11 is 3.29. The minimum atomic E-state index is -0.319. The van der Waals surface area contributed by atoms with Crippen molar-refractivity contribution in [3.63, 3.8) is 0 Å². The van der Waals surface area contributed by atoms with Gasteiger partial charge in [-0.1, -0.05) is 15.9 Å². The Morgan fingerprint density at radius 3 is 2.92 bits per heavy atom. The molecule has 130 valence electrons. The van der Waals surface area contributed by atoms with E-state index in [9.17, 15) is 4.39 Å². The van der Waals surface area contributed by atoms with Crippen LogP contribution >= 0.6 is 15.9 Å². The number of nitrogens with zero attached hydrogens (tertiary/aromatic N) is 2. The molecule has 1 fully saturated rings. The molecule has 25 heavy (non-hydrogen) atoms. The van der Waals surface area contributed by atoms with Crippen molar-refractivity contribution in [2.45, 2.75) is 12.5 Å². The molecule has 0 spiro atoms. The number of rotatable bonds is 3. The molecule has 1 saturated heterocycles. The molecule has 5 nitrogen and oxygen atoms in total. The molecule has 0 saturated carbocycles. The highest BCUT2D eigenvalue weighted by Gasteiger charge is 2.23. The first-order valence-corrected chi connectivity index (χ1v) is 8.81. The van der Waals surface area contributed by atoms with Gasteiger partial charge in [-0.15, -0.1) is 0 Å². The van der Waals surface area contributed by atoms with Crippen molar-refractivity contribution in [2.75, 3.05) is 30.5 Å². The fourth-order valence-electron chi connectivity index (χ4n) is 3.03. The molecule has 0 aromatic heterocycles. The summed E-state index contributed by atoms with van der Waals surface area (Å²) in [5.41, 5.74) is 8.78. The van der Waals surface area contributed by atoms with E-state index in [4.69, 9.17) is 15.2 Å². The van der Waals surface area contributed by atoms with Crippen molar-refractivity contribution in [1.82, 2.24) is 0 Å². The highest BCUT2D eigenvalue weighted by Crippen LogP contribution is 2.38. The number of nitrogen functional groups attached to an aromatic ring is 1. The molecular formula is C18H17BrFN3O2. The van der Waals surface area contributed by atoms with Crippen LogP contribution in [0.3, 0.4) is 0 Å². The van der Waals surface area contributed by atoms with Crippen molar-refractivity contribution >= 4 is 39.2 Å². The van der Waals surface area contributed by atoms with Gasteiger partial charge in [0.05, 0.1) is 30.3 Å². The Morgan fingerprint density at radius 1 is 1.28 bits per heavy atom. The van der Waals surface area contributed by atoms with Gasteiger partial charge in [0.25, 0.3) is 0 Å². The summed E-state index contributed by atoms with van der Waals surface area (Å²) in [6.07, 6.45) is 2.58. The number of hydrogen-bond acceptors (Lipinski definition) is 5. The lowest BCUT2D eigenvalue weighted by atomic mass is 10.1. The molecule has 0 bridgehead atoms. The summed E-state index contributed by atoms with van der Waals surface area (Å²) in [6, 6.07) is 8.65. The van der Waals surface area contributed by atoms with Crippen LogP contribution in [0.1, 0.15) is 12.0 Å². The first-order valence-electron chi connectivity index (χ1n) is 8.02. The van der Waals surface area contributed by atoms with Gasteiger partial charge in [0.1, 0.15) is 24.3 Å². The maximum atomic E-state index is 14.4. The van der Waals surface area contributed by atoms with E-state index in [2.05, 4.69) is 20.9 Å². The van der Waals surface area contributed by atoms with Crippen LogP contribution < -0.4 is 15.4 Å². The Bertz CT molecular complexity index is 837. The lowest BCUT2D eigenvalue weighted by Gasteiger charge is -2.29. The van der Waals surface area contributed by atoms with E-state index >= 15 is 0 Å². The topological polar surface area (TPSA) is 60.1 Å². The monoisotopic (exact) mass is 405 g/mol. The van der Waals surface area contributed by atoms with Crippen molar-refractivity contribution in [3.05, 3.63) is 46.2 Å². The molecule has 0 unspecified atom stereocenters. The van der Waals surface area contributed by atoms with Crippen LogP contribution in [0.25, 0.3) is 0 Å². The molecule has 2 aliphatic rings. The van der Waals surface area contributed by atoms with Crippen LogP contribution in [-0.2, 0) is 4.74 Å². The molecule has 0 aliphatic carbocycles. The van der Waals surface area contributed by atoms with Crippen LogP contribution in [0.5, 0.6) is 5.75 Å². The van der Waals surface area contributed by atoms with Crippen LogP contribution in [0, 0.1) is 5.82 Å². The SMILES string of the molecule is Nc1cc2c(cc1O[C@H]1CCOC1)N(c1ccc(Br)cc1F)CN=C2. The van der Waals surface area contributed by atoms with E-state index in [0.717, 1.165) is 17.7 Å². The maximum Gasteiger partial charge on any atom is 0.148 e. The molecule has 1 atom stereocenters. The van der Waals surface area contributed by atoms with Gasteiger partial charge in [-0.25, -0.2) is 4.39 Å². The fraction of sp³-hybridized carbons (Fsp3) is 0.278. The predicted octanol–water partition coefficient (Wildman–Crippen LogP) is 3.87. The Kier molecular flexibility index (Phi) is 4.35. The molecule has 0 radical (unpaired) electrons. The average molecular weight is 406 g/mol. The fourth-order valence-corrected chi connectivity index (χ4v) is 3.36. The summed E-state index contributed by atoms with van der Waals surface area (Å²) in [6.45, 7) is 1.59. The zero-order valence-corrected chi connectivity index (χ0v) is 15.0. The van der Waals surface area contributed by atoms with Crippen LogP contribution in [-0.4, -0.2) is 32.2 Å². The molecule has 2 aliphatic heterocycles. The third-order valence-electron chi connectivity index (χ3n) is 4.29. The van der Waals surface area contributed by atoms with Gasteiger partial charge in [0.15, 0.2) is 0 Å². The van der Waals surface area contributed by atoms with Gasteiger partial charge in [0, 0.05) is 28.7 Å².